The van der Waals surface area contributed by atoms with Crippen molar-refractivity contribution in [3.8, 4) is 11.5 Å². The van der Waals surface area contributed by atoms with Crippen LogP contribution in [0.15, 0.2) is 35.3 Å². The minimum atomic E-state index is -0.0700. The number of phenolic OH excluding ortho intramolecular Hbond substituents is 1. The number of aromatic hydroxyl groups is 1. The molecule has 6 heteroatoms. The van der Waals surface area contributed by atoms with Crippen LogP contribution in [0, 0.1) is 0 Å². The summed E-state index contributed by atoms with van der Waals surface area (Å²) in [6.07, 6.45) is 1.46. The van der Waals surface area contributed by atoms with E-state index in [1.807, 2.05) is 0 Å². The molecule has 0 aliphatic rings. The lowest BCUT2D eigenvalue weighted by Gasteiger charge is -2.04. The predicted octanol–water partition coefficient (Wildman–Crippen LogP) is 5.11. The number of aliphatic imine (C=N–C) groups is 1. The van der Waals surface area contributed by atoms with Gasteiger partial charge >= 0.3 is 0 Å². The Morgan fingerprint density at radius 2 is 1.85 bits per heavy atom. The number of rotatable bonds is 3. The van der Waals surface area contributed by atoms with Crippen molar-refractivity contribution in [2.75, 3.05) is 7.11 Å². The van der Waals surface area contributed by atoms with Gasteiger partial charge in [-0.1, -0.05) is 34.8 Å². The Morgan fingerprint density at radius 1 is 1.10 bits per heavy atom. The van der Waals surface area contributed by atoms with Crippen molar-refractivity contribution in [3.05, 3.63) is 51.0 Å². The van der Waals surface area contributed by atoms with Gasteiger partial charge in [0.1, 0.15) is 11.5 Å². The van der Waals surface area contributed by atoms with Crippen LogP contribution in [0.5, 0.6) is 11.5 Å². The van der Waals surface area contributed by atoms with Crippen LogP contribution in [0.25, 0.3) is 0 Å². The monoisotopic (exact) mass is 329 g/mol. The molecule has 0 aliphatic carbocycles. The predicted molar refractivity (Wildman–Crippen MR) is 83.4 cm³/mol. The highest BCUT2D eigenvalue weighted by atomic mass is 35.5. The first-order valence-corrected chi connectivity index (χ1v) is 6.70. The molecule has 2 aromatic rings. The summed E-state index contributed by atoms with van der Waals surface area (Å²) in [5.41, 5.74) is 1.04. The van der Waals surface area contributed by atoms with Crippen LogP contribution in [0.2, 0.25) is 15.1 Å². The number of ether oxygens (including phenoxy) is 1. The third-order valence-electron chi connectivity index (χ3n) is 2.55. The molecule has 0 saturated carbocycles. The molecule has 0 fully saturated rings. The smallest absolute Gasteiger partial charge is 0.143 e. The first kappa shape index (κ1) is 15.0. The Hall–Kier alpha value is -1.42. The highest BCUT2D eigenvalue weighted by Crippen LogP contribution is 2.31. The van der Waals surface area contributed by atoms with E-state index in [1.54, 1.807) is 24.3 Å². The van der Waals surface area contributed by atoms with Gasteiger partial charge in [-0.15, -0.1) is 0 Å². The Bertz CT molecular complexity index is 672. The number of halogens is 3. The third kappa shape index (κ3) is 3.37. The summed E-state index contributed by atoms with van der Waals surface area (Å²) in [5.74, 6) is 0.499. The minimum absolute atomic E-state index is 0.0700. The van der Waals surface area contributed by atoms with Gasteiger partial charge in [0.15, 0.2) is 0 Å². The van der Waals surface area contributed by atoms with Gasteiger partial charge in [-0.3, -0.25) is 4.99 Å². The summed E-state index contributed by atoms with van der Waals surface area (Å²) in [6.45, 7) is 0. The maximum absolute atomic E-state index is 9.81. The van der Waals surface area contributed by atoms with Crippen LogP contribution in [0.3, 0.4) is 0 Å². The molecule has 0 unspecified atom stereocenters. The molecule has 0 aliphatic heterocycles. The van der Waals surface area contributed by atoms with E-state index >= 15 is 0 Å². The van der Waals surface area contributed by atoms with E-state index in [4.69, 9.17) is 39.5 Å². The fourth-order valence-electron chi connectivity index (χ4n) is 1.56. The van der Waals surface area contributed by atoms with Crippen molar-refractivity contribution in [3.63, 3.8) is 0 Å². The summed E-state index contributed by atoms with van der Waals surface area (Å²) in [7, 11) is 1.54. The number of benzene rings is 2. The molecular weight excluding hydrogens is 321 g/mol. The second kappa shape index (κ2) is 6.35. The van der Waals surface area contributed by atoms with Crippen LogP contribution < -0.4 is 4.74 Å². The molecule has 0 heterocycles. The summed E-state index contributed by atoms with van der Waals surface area (Å²) in [6, 6.07) is 8.13. The largest absolute Gasteiger partial charge is 0.506 e. The van der Waals surface area contributed by atoms with Crippen LogP contribution in [0.4, 0.5) is 5.69 Å². The Balaban J connectivity index is 2.32. The van der Waals surface area contributed by atoms with Gasteiger partial charge < -0.3 is 9.84 Å². The molecule has 0 aromatic heterocycles. The number of phenols is 1. The van der Waals surface area contributed by atoms with Crippen LogP contribution >= 0.6 is 34.8 Å². The zero-order chi connectivity index (χ0) is 14.7. The van der Waals surface area contributed by atoms with E-state index in [9.17, 15) is 5.11 Å². The molecule has 2 aromatic carbocycles. The molecule has 1 N–H and O–H groups in total. The molecule has 0 spiro atoms. The molecule has 0 bridgehead atoms. The normalized spacial score (nSPS) is 11.0. The van der Waals surface area contributed by atoms with E-state index in [2.05, 4.69) is 4.99 Å². The number of nitrogens with zero attached hydrogens (tertiary/aromatic N) is 1. The lowest BCUT2D eigenvalue weighted by atomic mass is 10.2. The third-order valence-corrected chi connectivity index (χ3v) is 3.35. The average molecular weight is 331 g/mol. The molecule has 0 atom stereocenters. The molecular formula is C14H10Cl3NO2. The van der Waals surface area contributed by atoms with Gasteiger partial charge in [-0.2, -0.15) is 0 Å². The Morgan fingerprint density at radius 3 is 2.50 bits per heavy atom. The van der Waals surface area contributed by atoms with Gasteiger partial charge in [-0.05, 0) is 30.3 Å². The van der Waals surface area contributed by atoms with Gasteiger partial charge in [0.05, 0.1) is 22.8 Å². The van der Waals surface area contributed by atoms with Crippen LogP contribution in [-0.2, 0) is 0 Å². The number of methoxy groups -OCH3 is 1. The zero-order valence-electron chi connectivity index (χ0n) is 10.4. The van der Waals surface area contributed by atoms with Crippen molar-refractivity contribution in [2.24, 2.45) is 4.99 Å². The first-order valence-electron chi connectivity index (χ1n) is 5.57. The fraction of sp³-hybridized carbons (Fsp3) is 0.0714. The van der Waals surface area contributed by atoms with E-state index in [0.717, 1.165) is 0 Å². The van der Waals surface area contributed by atoms with Gasteiger partial charge in [-0.25, -0.2) is 0 Å². The van der Waals surface area contributed by atoms with Crippen molar-refractivity contribution in [1.82, 2.24) is 0 Å². The topological polar surface area (TPSA) is 41.8 Å². The van der Waals surface area contributed by atoms with E-state index in [0.29, 0.717) is 27.0 Å². The molecule has 0 amide bonds. The van der Waals surface area contributed by atoms with Gasteiger partial charge in [0, 0.05) is 16.8 Å². The van der Waals surface area contributed by atoms with Gasteiger partial charge in [0.2, 0.25) is 0 Å². The molecule has 0 saturated heterocycles. The van der Waals surface area contributed by atoms with Crippen molar-refractivity contribution in [1.29, 1.82) is 0 Å². The summed E-state index contributed by atoms with van der Waals surface area (Å²) >= 11 is 17.7. The second-order valence-corrected chi connectivity index (χ2v) is 5.15. The molecule has 0 radical (unpaired) electrons. The Labute approximate surface area is 131 Å². The van der Waals surface area contributed by atoms with Gasteiger partial charge in [0.25, 0.3) is 0 Å². The minimum Gasteiger partial charge on any atom is -0.506 e. The van der Waals surface area contributed by atoms with E-state index < -0.39 is 0 Å². The molecule has 2 rings (SSSR count). The average Bonchev–Trinajstić information content (AvgIpc) is 2.41. The lowest BCUT2D eigenvalue weighted by Crippen LogP contribution is -1.85. The second-order valence-electron chi connectivity index (χ2n) is 3.90. The Kier molecular flexibility index (Phi) is 4.76. The van der Waals surface area contributed by atoms with E-state index in [1.165, 1.54) is 19.4 Å². The maximum atomic E-state index is 9.81. The summed E-state index contributed by atoms with van der Waals surface area (Å²) in [4.78, 5) is 4.21. The van der Waals surface area contributed by atoms with Crippen LogP contribution in [-0.4, -0.2) is 18.4 Å². The molecule has 3 nitrogen and oxygen atoms in total. The number of hydrogen-bond donors (Lipinski definition) is 1. The van der Waals surface area contributed by atoms with Crippen LogP contribution in [0.1, 0.15) is 5.56 Å². The summed E-state index contributed by atoms with van der Waals surface area (Å²) < 4.78 is 5.05. The standard InChI is InChI=1S/C14H10Cl3NO2/c1-20-13-3-2-10(6-11(13)16)18-7-8-4-9(15)5-12(17)14(8)19/h2-7,19H,1H3. The first-order chi connectivity index (χ1) is 9.51. The quantitative estimate of drug-likeness (QED) is 0.794. The molecule has 104 valence electrons. The zero-order valence-corrected chi connectivity index (χ0v) is 12.7. The van der Waals surface area contributed by atoms with Crippen molar-refractivity contribution in [2.45, 2.75) is 0 Å². The molecule has 20 heavy (non-hydrogen) atoms. The number of hydrogen-bond acceptors (Lipinski definition) is 3. The maximum Gasteiger partial charge on any atom is 0.143 e. The SMILES string of the molecule is COc1ccc(N=Cc2cc(Cl)cc(Cl)c2O)cc1Cl. The van der Waals surface area contributed by atoms with Crippen molar-refractivity contribution >= 4 is 46.7 Å². The fourth-order valence-corrected chi connectivity index (χ4v) is 2.33. The van der Waals surface area contributed by atoms with E-state index in [-0.39, 0.29) is 10.8 Å². The lowest BCUT2D eigenvalue weighted by molar-refractivity contribution is 0.415. The highest BCUT2D eigenvalue weighted by Gasteiger charge is 2.06. The highest BCUT2D eigenvalue weighted by molar-refractivity contribution is 6.36. The summed E-state index contributed by atoms with van der Waals surface area (Å²) in [5, 5.41) is 10.9. The van der Waals surface area contributed by atoms with Crippen molar-refractivity contribution < 1.29 is 9.84 Å².